The maximum atomic E-state index is 12.3. The normalized spacial score (nSPS) is 13.8. The van der Waals surface area contributed by atoms with Crippen molar-refractivity contribution in [3.63, 3.8) is 0 Å². The van der Waals surface area contributed by atoms with Gasteiger partial charge in [-0.1, -0.05) is 6.07 Å². The number of carbonyl (C=O) groups excluding carboxylic acids is 2. The fraction of sp³-hybridized carbons (Fsp3) is 0.250. The first kappa shape index (κ1) is 17.6. The van der Waals surface area contributed by atoms with Gasteiger partial charge in [-0.2, -0.15) is 13.2 Å². The average Bonchev–Trinajstić information content (AvgIpc) is 2.62. The van der Waals surface area contributed by atoms with Crippen LogP contribution in [0.4, 0.5) is 24.7 Å². The van der Waals surface area contributed by atoms with Crippen molar-refractivity contribution in [3.8, 4) is 0 Å². The number of hydrogen-bond donors (Lipinski definition) is 2. The molecule has 2 aromatic heterocycles. The second-order valence-electron chi connectivity index (χ2n) is 5.54. The van der Waals surface area contributed by atoms with Gasteiger partial charge < -0.3 is 15.5 Å². The fourth-order valence-corrected chi connectivity index (χ4v) is 2.42. The quantitative estimate of drug-likeness (QED) is 0.862. The van der Waals surface area contributed by atoms with Crippen LogP contribution in [0.2, 0.25) is 0 Å². The average molecular weight is 365 g/mol. The molecule has 3 heterocycles. The highest BCUT2D eigenvalue weighted by Crippen LogP contribution is 2.29. The third kappa shape index (κ3) is 4.08. The van der Waals surface area contributed by atoms with Crippen LogP contribution in [0, 0.1) is 0 Å². The molecule has 7 nitrogen and oxygen atoms in total. The van der Waals surface area contributed by atoms with E-state index in [4.69, 9.17) is 0 Å². The molecule has 0 spiro atoms. The standard InChI is InChI=1S/C16H14F3N5O2/c17-16(18,19)9-23-15(26)10-5-12-14(21-6-10)22-7-13(25)24(12)8-11-3-1-2-4-20-11/h1-6H,7-9H2,(H,21,22)(H,23,26). The van der Waals surface area contributed by atoms with Crippen molar-refractivity contribution >= 4 is 23.3 Å². The molecule has 0 atom stereocenters. The van der Waals surface area contributed by atoms with E-state index in [1.54, 1.807) is 29.7 Å². The van der Waals surface area contributed by atoms with Gasteiger partial charge in [-0.15, -0.1) is 0 Å². The van der Waals surface area contributed by atoms with Gasteiger partial charge in [0, 0.05) is 12.4 Å². The number of carbonyl (C=O) groups is 2. The molecule has 1 aliphatic rings. The summed E-state index contributed by atoms with van der Waals surface area (Å²) >= 11 is 0. The van der Waals surface area contributed by atoms with Gasteiger partial charge >= 0.3 is 6.18 Å². The molecule has 2 N–H and O–H groups in total. The number of anilines is 2. The first-order chi connectivity index (χ1) is 12.3. The topological polar surface area (TPSA) is 87.2 Å². The number of hydrogen-bond acceptors (Lipinski definition) is 5. The Morgan fingerprint density at radius 3 is 2.81 bits per heavy atom. The summed E-state index contributed by atoms with van der Waals surface area (Å²) in [6.07, 6.45) is -1.77. The number of alkyl halides is 3. The van der Waals surface area contributed by atoms with Crippen LogP contribution in [0.15, 0.2) is 36.7 Å². The highest BCUT2D eigenvalue weighted by Gasteiger charge is 2.29. The summed E-state index contributed by atoms with van der Waals surface area (Å²) in [5, 5.41) is 4.60. The van der Waals surface area contributed by atoms with E-state index in [1.165, 1.54) is 11.0 Å². The van der Waals surface area contributed by atoms with Crippen LogP contribution in [0.5, 0.6) is 0 Å². The van der Waals surface area contributed by atoms with Crippen molar-refractivity contribution in [2.75, 3.05) is 23.3 Å². The lowest BCUT2D eigenvalue weighted by Crippen LogP contribution is -2.40. The highest BCUT2D eigenvalue weighted by atomic mass is 19.4. The Labute approximate surface area is 146 Å². The minimum Gasteiger partial charge on any atom is -0.359 e. The van der Waals surface area contributed by atoms with E-state index in [2.05, 4.69) is 15.3 Å². The van der Waals surface area contributed by atoms with Gasteiger partial charge in [-0.25, -0.2) is 4.98 Å². The van der Waals surface area contributed by atoms with Crippen molar-refractivity contribution in [2.24, 2.45) is 0 Å². The van der Waals surface area contributed by atoms with Gasteiger partial charge in [-0.3, -0.25) is 14.6 Å². The Balaban J connectivity index is 1.85. The van der Waals surface area contributed by atoms with Gasteiger partial charge in [0.25, 0.3) is 5.91 Å². The number of pyridine rings is 2. The minimum atomic E-state index is -4.51. The molecule has 3 rings (SSSR count). The lowest BCUT2D eigenvalue weighted by Gasteiger charge is -2.29. The summed E-state index contributed by atoms with van der Waals surface area (Å²) in [6.45, 7) is -1.27. The summed E-state index contributed by atoms with van der Waals surface area (Å²) in [5.74, 6) is -0.820. The summed E-state index contributed by atoms with van der Waals surface area (Å²) in [5.41, 5.74) is 0.864. The number of aromatic nitrogens is 2. The Morgan fingerprint density at radius 1 is 1.31 bits per heavy atom. The fourth-order valence-electron chi connectivity index (χ4n) is 2.42. The minimum absolute atomic E-state index is 0.0203. The molecule has 0 bridgehead atoms. The molecule has 0 aliphatic carbocycles. The molecule has 0 unspecified atom stereocenters. The predicted octanol–water partition coefficient (Wildman–Crippen LogP) is 1.73. The van der Waals surface area contributed by atoms with E-state index in [1.807, 2.05) is 0 Å². The molecule has 136 valence electrons. The molecule has 0 fully saturated rings. The van der Waals surface area contributed by atoms with E-state index in [-0.39, 0.29) is 24.6 Å². The summed E-state index contributed by atoms with van der Waals surface area (Å²) in [6, 6.07) is 6.58. The number of amides is 2. The molecule has 0 aromatic carbocycles. The second-order valence-corrected chi connectivity index (χ2v) is 5.54. The molecule has 1 aliphatic heterocycles. The van der Waals surface area contributed by atoms with Crippen molar-refractivity contribution in [1.29, 1.82) is 0 Å². The zero-order valence-electron chi connectivity index (χ0n) is 13.4. The number of fused-ring (bicyclic) bond motifs is 1. The first-order valence-electron chi connectivity index (χ1n) is 7.62. The van der Waals surface area contributed by atoms with Crippen LogP contribution in [-0.4, -0.2) is 41.0 Å². The van der Waals surface area contributed by atoms with Gasteiger partial charge in [0.1, 0.15) is 6.54 Å². The third-order valence-corrected chi connectivity index (χ3v) is 3.62. The SMILES string of the molecule is O=C(NCC(F)(F)F)c1cnc2c(c1)N(Cc1ccccn1)C(=O)CN2. The zero-order chi connectivity index (χ0) is 18.7. The van der Waals surface area contributed by atoms with Crippen molar-refractivity contribution in [1.82, 2.24) is 15.3 Å². The molecule has 26 heavy (non-hydrogen) atoms. The molecule has 2 aromatic rings. The molecule has 0 saturated carbocycles. The van der Waals surface area contributed by atoms with Crippen LogP contribution < -0.4 is 15.5 Å². The maximum Gasteiger partial charge on any atom is 0.405 e. The van der Waals surface area contributed by atoms with E-state index in [0.29, 0.717) is 17.2 Å². The summed E-state index contributed by atoms with van der Waals surface area (Å²) in [7, 11) is 0. The van der Waals surface area contributed by atoms with Crippen molar-refractivity contribution in [3.05, 3.63) is 47.9 Å². The molecule has 0 radical (unpaired) electrons. The molecular formula is C16H14F3N5O2. The Kier molecular flexibility index (Phi) is 4.74. The van der Waals surface area contributed by atoms with E-state index < -0.39 is 18.6 Å². The van der Waals surface area contributed by atoms with Crippen molar-refractivity contribution in [2.45, 2.75) is 12.7 Å². The van der Waals surface area contributed by atoms with Crippen LogP contribution in [-0.2, 0) is 11.3 Å². The molecule has 2 amide bonds. The molecular weight excluding hydrogens is 351 g/mol. The summed E-state index contributed by atoms with van der Waals surface area (Å²) < 4.78 is 36.8. The van der Waals surface area contributed by atoms with Gasteiger partial charge in [-0.05, 0) is 18.2 Å². The predicted molar refractivity (Wildman–Crippen MR) is 86.5 cm³/mol. The van der Waals surface area contributed by atoms with E-state index >= 15 is 0 Å². The maximum absolute atomic E-state index is 12.3. The third-order valence-electron chi connectivity index (χ3n) is 3.62. The number of nitrogens with zero attached hydrogens (tertiary/aromatic N) is 3. The number of nitrogens with one attached hydrogen (secondary N) is 2. The Bertz CT molecular complexity index is 826. The van der Waals surface area contributed by atoms with Crippen LogP contribution in [0.1, 0.15) is 16.1 Å². The largest absolute Gasteiger partial charge is 0.405 e. The number of rotatable bonds is 4. The van der Waals surface area contributed by atoms with Crippen LogP contribution >= 0.6 is 0 Å². The first-order valence-corrected chi connectivity index (χ1v) is 7.62. The van der Waals surface area contributed by atoms with Crippen LogP contribution in [0.3, 0.4) is 0 Å². The van der Waals surface area contributed by atoms with E-state index in [9.17, 15) is 22.8 Å². The lowest BCUT2D eigenvalue weighted by atomic mass is 10.1. The molecule has 10 heteroatoms. The zero-order valence-corrected chi connectivity index (χ0v) is 13.4. The van der Waals surface area contributed by atoms with Crippen LogP contribution in [0.25, 0.3) is 0 Å². The monoisotopic (exact) mass is 365 g/mol. The Hall–Kier alpha value is -3.17. The molecule has 0 saturated heterocycles. The van der Waals surface area contributed by atoms with Gasteiger partial charge in [0.05, 0.1) is 30.0 Å². The second kappa shape index (κ2) is 6.98. The van der Waals surface area contributed by atoms with Gasteiger partial charge in [0.15, 0.2) is 5.82 Å². The van der Waals surface area contributed by atoms with Gasteiger partial charge in [0.2, 0.25) is 5.91 Å². The highest BCUT2D eigenvalue weighted by molar-refractivity contribution is 6.04. The van der Waals surface area contributed by atoms with Crippen molar-refractivity contribution < 1.29 is 22.8 Å². The Morgan fingerprint density at radius 2 is 2.12 bits per heavy atom. The van der Waals surface area contributed by atoms with E-state index in [0.717, 1.165) is 6.20 Å². The number of halogens is 3. The summed E-state index contributed by atoms with van der Waals surface area (Å²) in [4.78, 5) is 33.8. The smallest absolute Gasteiger partial charge is 0.359 e. The lowest BCUT2D eigenvalue weighted by molar-refractivity contribution is -0.123.